The second-order valence-electron chi connectivity index (χ2n) is 12.7. The summed E-state index contributed by atoms with van der Waals surface area (Å²) in [6.45, 7) is 2.51. The van der Waals surface area contributed by atoms with Crippen molar-refractivity contribution in [1.29, 1.82) is 0 Å². The van der Waals surface area contributed by atoms with Gasteiger partial charge in [-0.2, -0.15) is 0 Å². The molecule has 3 atom stereocenters. The first-order valence-electron chi connectivity index (χ1n) is 15.3. The lowest BCUT2D eigenvalue weighted by molar-refractivity contribution is -0.117. The van der Waals surface area contributed by atoms with Gasteiger partial charge in [-0.15, -0.1) is 0 Å². The largest absolute Gasteiger partial charge is 0.390 e. The molecular weight excluding hydrogens is 569 g/mol. The van der Waals surface area contributed by atoms with Crippen LogP contribution < -0.4 is 15.5 Å². The van der Waals surface area contributed by atoms with Crippen LogP contribution in [0.15, 0.2) is 48.7 Å². The summed E-state index contributed by atoms with van der Waals surface area (Å²) in [7, 11) is 0. The van der Waals surface area contributed by atoms with Gasteiger partial charge in [0.05, 0.1) is 17.8 Å². The molecule has 44 heavy (non-hydrogen) atoms. The van der Waals surface area contributed by atoms with E-state index in [1.165, 1.54) is 23.5 Å². The first-order valence-corrected chi connectivity index (χ1v) is 15.3. The molecule has 6 rings (SSSR count). The van der Waals surface area contributed by atoms with Crippen LogP contribution in [0.1, 0.15) is 77.3 Å². The summed E-state index contributed by atoms with van der Waals surface area (Å²) in [6, 6.07) is 8.11. The highest BCUT2D eigenvalue weighted by Crippen LogP contribution is 2.53. The Morgan fingerprint density at radius 3 is 2.55 bits per heavy atom. The Hall–Kier alpha value is -3.76. The number of pyridine rings is 1. The molecule has 1 saturated heterocycles. The maximum Gasteiger partial charge on any atom is 0.251 e. The summed E-state index contributed by atoms with van der Waals surface area (Å²) in [5, 5.41) is 17.7. The number of aliphatic hydroxyl groups is 1. The number of nitrogens with zero attached hydrogens (tertiary/aromatic N) is 2. The summed E-state index contributed by atoms with van der Waals surface area (Å²) < 4.78 is 43.1. The number of hydrogen-bond acceptors (Lipinski definition) is 5. The second-order valence-corrected chi connectivity index (χ2v) is 12.7. The average Bonchev–Trinajstić information content (AvgIpc) is 3.39. The first-order chi connectivity index (χ1) is 21.1. The molecule has 232 valence electrons. The van der Waals surface area contributed by atoms with Crippen LogP contribution in [-0.4, -0.2) is 47.1 Å². The van der Waals surface area contributed by atoms with E-state index >= 15 is 4.39 Å². The van der Waals surface area contributed by atoms with Crippen LogP contribution in [0.2, 0.25) is 0 Å². The first kappa shape index (κ1) is 30.3. The summed E-state index contributed by atoms with van der Waals surface area (Å²) in [4.78, 5) is 31.5. The van der Waals surface area contributed by atoms with Gasteiger partial charge in [0.15, 0.2) is 0 Å². The lowest BCUT2D eigenvalue weighted by Crippen LogP contribution is -2.50. The number of carbonyl (C=O) groups is 2. The third-order valence-electron chi connectivity index (χ3n) is 9.42. The highest BCUT2D eigenvalue weighted by molar-refractivity contribution is 5.97. The molecule has 3 aliphatic rings. The minimum atomic E-state index is -1.14. The van der Waals surface area contributed by atoms with Gasteiger partial charge in [0.1, 0.15) is 17.5 Å². The third kappa shape index (κ3) is 6.37. The van der Waals surface area contributed by atoms with E-state index < -0.39 is 35.5 Å². The highest BCUT2D eigenvalue weighted by atomic mass is 19.1. The predicted molar refractivity (Wildman–Crippen MR) is 160 cm³/mol. The molecule has 3 N–H and O–H groups in total. The van der Waals surface area contributed by atoms with Gasteiger partial charge in [-0.25, -0.2) is 13.2 Å². The van der Waals surface area contributed by atoms with Crippen LogP contribution in [0.4, 0.5) is 18.9 Å². The van der Waals surface area contributed by atoms with Gasteiger partial charge in [-0.05, 0) is 97.9 Å². The van der Waals surface area contributed by atoms with Crippen LogP contribution in [0, 0.1) is 29.8 Å². The fourth-order valence-corrected chi connectivity index (χ4v) is 6.97. The molecule has 2 heterocycles. The van der Waals surface area contributed by atoms with Crippen LogP contribution in [0.3, 0.4) is 0 Å². The zero-order valence-corrected chi connectivity index (χ0v) is 24.7. The van der Waals surface area contributed by atoms with Gasteiger partial charge >= 0.3 is 0 Å². The Morgan fingerprint density at radius 1 is 1.11 bits per heavy atom. The van der Waals surface area contributed by atoms with E-state index in [1.54, 1.807) is 0 Å². The normalized spacial score (nSPS) is 20.2. The molecule has 7 nitrogen and oxygen atoms in total. The van der Waals surface area contributed by atoms with Crippen molar-refractivity contribution in [2.24, 2.45) is 5.41 Å². The molecule has 2 aliphatic carbocycles. The molecule has 0 bridgehead atoms. The number of nitrogens with one attached hydrogen (secondary N) is 2. The van der Waals surface area contributed by atoms with Crippen molar-refractivity contribution in [2.45, 2.75) is 76.5 Å². The van der Waals surface area contributed by atoms with Crippen molar-refractivity contribution < 1.29 is 27.9 Å². The van der Waals surface area contributed by atoms with Crippen LogP contribution in [0.25, 0.3) is 0 Å². The fourth-order valence-electron chi connectivity index (χ4n) is 6.97. The topological polar surface area (TPSA) is 94.6 Å². The molecule has 0 unspecified atom stereocenters. The van der Waals surface area contributed by atoms with Gasteiger partial charge in [0, 0.05) is 49.1 Å². The molecule has 0 radical (unpaired) electrons. The molecule has 2 aromatic carbocycles. The van der Waals surface area contributed by atoms with Crippen molar-refractivity contribution >= 4 is 17.5 Å². The van der Waals surface area contributed by atoms with Crippen molar-refractivity contribution in [3.05, 3.63) is 94.1 Å². The van der Waals surface area contributed by atoms with Crippen molar-refractivity contribution in [2.75, 3.05) is 18.0 Å². The minimum absolute atomic E-state index is 0.00293. The molecule has 10 heteroatoms. The number of fused-ring (bicyclic) bond motifs is 1. The number of aliphatic hydroxyl groups excluding tert-OH is 1. The number of amides is 2. The average molecular weight is 607 g/mol. The van der Waals surface area contributed by atoms with Crippen LogP contribution >= 0.6 is 0 Å². The van der Waals surface area contributed by atoms with Gasteiger partial charge < -0.3 is 20.6 Å². The molecule has 1 aromatic heterocycles. The van der Waals surface area contributed by atoms with E-state index in [0.717, 1.165) is 66.8 Å². The predicted octanol–water partition coefficient (Wildman–Crippen LogP) is 5.08. The smallest absolute Gasteiger partial charge is 0.251 e. The van der Waals surface area contributed by atoms with Gasteiger partial charge in [-0.1, -0.05) is 12.5 Å². The number of hydrogen-bond donors (Lipinski definition) is 3. The maximum atomic E-state index is 15.0. The standard InChI is InChI=1S/C34H37F3N4O3/c1-20-10-25-28(38-18-20)16-34(7-3-8-34)17-29(25)39-19-31(42)27(13-21-11-23(35)15-24(36)12-21)40-33(44)22-5-6-30(26(37)14-22)41-9-2-4-32(41)43/h5-6,10-12,14-15,18,27,29,31,39,42H,2-4,7-9,13,16-17,19H2,1H3,(H,40,44)/t27-,29-,31+/m0/s1. The minimum Gasteiger partial charge on any atom is -0.390 e. The summed E-state index contributed by atoms with van der Waals surface area (Å²) in [5.41, 5.74) is 3.79. The Bertz CT molecular complexity index is 1560. The van der Waals surface area contributed by atoms with Gasteiger partial charge in [-0.3, -0.25) is 14.6 Å². The zero-order chi connectivity index (χ0) is 31.0. The van der Waals surface area contributed by atoms with Crippen molar-refractivity contribution in [3.8, 4) is 0 Å². The number of anilines is 1. The molecule has 1 spiro atoms. The molecule has 2 fully saturated rings. The fraction of sp³-hybridized carbons (Fsp3) is 0.441. The molecule has 2 amide bonds. The summed E-state index contributed by atoms with van der Waals surface area (Å²) in [6.07, 6.45) is 6.97. The molecular formula is C34H37F3N4O3. The van der Waals surface area contributed by atoms with Gasteiger partial charge in [0.2, 0.25) is 5.91 Å². The molecule has 1 saturated carbocycles. The Morgan fingerprint density at radius 2 is 1.89 bits per heavy atom. The lowest BCUT2D eigenvalue weighted by Gasteiger charge is -2.48. The molecule has 3 aromatic rings. The monoisotopic (exact) mass is 606 g/mol. The number of halogens is 3. The zero-order valence-electron chi connectivity index (χ0n) is 24.7. The number of aromatic nitrogens is 1. The van der Waals surface area contributed by atoms with Gasteiger partial charge in [0.25, 0.3) is 5.91 Å². The van der Waals surface area contributed by atoms with E-state index in [1.807, 2.05) is 13.1 Å². The van der Waals surface area contributed by atoms with Crippen LogP contribution in [0.5, 0.6) is 0 Å². The second kappa shape index (κ2) is 12.3. The lowest BCUT2D eigenvalue weighted by atomic mass is 9.59. The Kier molecular flexibility index (Phi) is 8.48. The van der Waals surface area contributed by atoms with E-state index in [4.69, 9.17) is 4.98 Å². The Labute approximate surface area is 254 Å². The number of aryl methyl sites for hydroxylation is 1. The van der Waals surface area contributed by atoms with E-state index in [9.17, 15) is 23.5 Å². The summed E-state index contributed by atoms with van der Waals surface area (Å²) in [5.74, 6) is -3.06. The number of carbonyl (C=O) groups excluding carboxylic acids is 2. The number of benzene rings is 2. The van der Waals surface area contributed by atoms with Crippen molar-refractivity contribution in [1.82, 2.24) is 15.6 Å². The van der Waals surface area contributed by atoms with E-state index in [0.29, 0.717) is 19.4 Å². The molecule has 1 aliphatic heterocycles. The maximum absolute atomic E-state index is 15.0. The van der Waals surface area contributed by atoms with E-state index in [2.05, 4.69) is 16.7 Å². The SMILES string of the molecule is Cc1cnc2c(c1)[C@@H](NC[C@@H](O)[C@H](Cc1cc(F)cc(F)c1)NC(=O)c1ccc(N3CCCC3=O)c(F)c1)CC1(CCC1)C2. The highest BCUT2D eigenvalue weighted by Gasteiger charge is 2.44. The van der Waals surface area contributed by atoms with Crippen molar-refractivity contribution in [3.63, 3.8) is 0 Å². The van der Waals surface area contributed by atoms with E-state index in [-0.39, 0.29) is 47.1 Å². The van der Waals surface area contributed by atoms with Crippen LogP contribution in [-0.2, 0) is 17.6 Å². The summed E-state index contributed by atoms with van der Waals surface area (Å²) >= 11 is 0. The Balaban J connectivity index is 1.20. The quantitative estimate of drug-likeness (QED) is 0.316. The third-order valence-corrected chi connectivity index (χ3v) is 9.42. The number of rotatable bonds is 9.